The SMILES string of the molecule is COCC(N)C(=O)NCc1ccc(-c2nc3ccccc3s2)o1. The molecule has 3 aromatic rings. The van der Waals surface area contributed by atoms with E-state index in [1.54, 1.807) is 11.3 Å². The van der Waals surface area contributed by atoms with Crippen LogP contribution >= 0.6 is 11.3 Å². The Hall–Kier alpha value is -2.22. The second kappa shape index (κ2) is 6.91. The molecule has 1 aromatic carbocycles. The number of amides is 1. The molecule has 0 fully saturated rings. The largest absolute Gasteiger partial charge is 0.457 e. The molecule has 2 aromatic heterocycles. The number of benzene rings is 1. The molecule has 0 aliphatic heterocycles. The van der Waals surface area contributed by atoms with E-state index in [-0.39, 0.29) is 19.1 Å². The van der Waals surface area contributed by atoms with Crippen LogP contribution in [0.3, 0.4) is 0 Å². The second-order valence-electron chi connectivity index (χ2n) is 5.03. The maximum atomic E-state index is 11.7. The lowest BCUT2D eigenvalue weighted by atomic mass is 10.3. The van der Waals surface area contributed by atoms with Gasteiger partial charge in [-0.05, 0) is 24.3 Å². The van der Waals surface area contributed by atoms with Crippen molar-refractivity contribution in [1.82, 2.24) is 10.3 Å². The van der Waals surface area contributed by atoms with Crippen LogP contribution < -0.4 is 11.1 Å². The van der Waals surface area contributed by atoms with Crippen LogP contribution in [0.15, 0.2) is 40.8 Å². The number of nitrogens with zero attached hydrogens (tertiary/aromatic N) is 1. The number of para-hydroxylation sites is 1. The molecular formula is C16H17N3O3S. The number of thiazole rings is 1. The van der Waals surface area contributed by atoms with Gasteiger partial charge in [0.2, 0.25) is 5.91 Å². The Bertz CT molecular complexity index is 779. The minimum absolute atomic E-state index is 0.181. The third-order valence-corrected chi connectivity index (χ3v) is 4.34. The van der Waals surface area contributed by atoms with Crippen molar-refractivity contribution < 1.29 is 13.9 Å². The molecule has 0 aliphatic carbocycles. The molecule has 6 nitrogen and oxygen atoms in total. The van der Waals surface area contributed by atoms with Gasteiger partial charge in [-0.1, -0.05) is 12.1 Å². The molecule has 3 rings (SSSR count). The average Bonchev–Trinajstić information content (AvgIpc) is 3.19. The van der Waals surface area contributed by atoms with Gasteiger partial charge in [-0.3, -0.25) is 4.79 Å². The molecule has 120 valence electrons. The fourth-order valence-corrected chi connectivity index (χ4v) is 3.05. The van der Waals surface area contributed by atoms with Crippen LogP contribution in [0.25, 0.3) is 21.0 Å². The number of nitrogens with one attached hydrogen (secondary N) is 1. The van der Waals surface area contributed by atoms with Crippen LogP contribution in [0.4, 0.5) is 0 Å². The second-order valence-corrected chi connectivity index (χ2v) is 6.06. The Morgan fingerprint density at radius 3 is 3.00 bits per heavy atom. The van der Waals surface area contributed by atoms with Crippen molar-refractivity contribution in [3.05, 3.63) is 42.2 Å². The summed E-state index contributed by atoms with van der Waals surface area (Å²) >= 11 is 1.57. The first-order valence-corrected chi connectivity index (χ1v) is 7.96. The summed E-state index contributed by atoms with van der Waals surface area (Å²) in [5, 5.41) is 3.54. The van der Waals surface area contributed by atoms with Gasteiger partial charge in [-0.25, -0.2) is 4.98 Å². The Morgan fingerprint density at radius 1 is 1.39 bits per heavy atom. The lowest BCUT2D eigenvalue weighted by Crippen LogP contribution is -2.43. The number of fused-ring (bicyclic) bond motifs is 1. The first kappa shape index (κ1) is 15.7. The van der Waals surface area contributed by atoms with Crippen LogP contribution in [0.1, 0.15) is 5.76 Å². The molecular weight excluding hydrogens is 314 g/mol. The molecule has 2 heterocycles. The van der Waals surface area contributed by atoms with E-state index in [4.69, 9.17) is 14.9 Å². The van der Waals surface area contributed by atoms with Crippen LogP contribution in [0.2, 0.25) is 0 Å². The summed E-state index contributed by atoms with van der Waals surface area (Å²) < 4.78 is 11.7. The van der Waals surface area contributed by atoms with Crippen molar-refractivity contribution in [1.29, 1.82) is 0 Å². The first-order valence-electron chi connectivity index (χ1n) is 7.14. The Balaban J connectivity index is 1.67. The van der Waals surface area contributed by atoms with E-state index in [9.17, 15) is 4.79 Å². The zero-order chi connectivity index (χ0) is 16.2. The summed E-state index contributed by atoms with van der Waals surface area (Å²) in [5.41, 5.74) is 6.60. The maximum absolute atomic E-state index is 11.7. The minimum Gasteiger partial charge on any atom is -0.457 e. The van der Waals surface area contributed by atoms with E-state index < -0.39 is 6.04 Å². The summed E-state index contributed by atoms with van der Waals surface area (Å²) in [6, 6.07) is 10.9. The van der Waals surface area contributed by atoms with Crippen molar-refractivity contribution >= 4 is 27.5 Å². The number of methoxy groups -OCH3 is 1. The number of rotatable bonds is 6. The molecule has 3 N–H and O–H groups in total. The Kier molecular flexibility index (Phi) is 4.71. The van der Waals surface area contributed by atoms with Crippen molar-refractivity contribution in [2.75, 3.05) is 13.7 Å². The van der Waals surface area contributed by atoms with Gasteiger partial charge in [0.25, 0.3) is 0 Å². The fraction of sp³-hybridized carbons (Fsp3) is 0.250. The summed E-state index contributed by atoms with van der Waals surface area (Å²) in [6.07, 6.45) is 0. The topological polar surface area (TPSA) is 90.4 Å². The van der Waals surface area contributed by atoms with E-state index in [2.05, 4.69) is 10.3 Å². The lowest BCUT2D eigenvalue weighted by Gasteiger charge is -2.09. The molecule has 0 spiro atoms. The molecule has 1 amide bonds. The summed E-state index contributed by atoms with van der Waals surface area (Å²) in [4.78, 5) is 16.3. The number of nitrogens with two attached hydrogens (primary N) is 1. The maximum Gasteiger partial charge on any atom is 0.239 e. The minimum atomic E-state index is -0.682. The number of hydrogen-bond acceptors (Lipinski definition) is 6. The summed E-state index contributed by atoms with van der Waals surface area (Å²) in [7, 11) is 1.50. The third-order valence-electron chi connectivity index (χ3n) is 3.29. The highest BCUT2D eigenvalue weighted by molar-refractivity contribution is 7.21. The highest BCUT2D eigenvalue weighted by Crippen LogP contribution is 2.30. The third kappa shape index (κ3) is 3.58. The number of ether oxygens (including phenoxy) is 1. The Labute approximate surface area is 137 Å². The molecule has 23 heavy (non-hydrogen) atoms. The van der Waals surface area contributed by atoms with Crippen molar-refractivity contribution in [3.8, 4) is 10.8 Å². The van der Waals surface area contributed by atoms with Gasteiger partial charge in [0, 0.05) is 7.11 Å². The van der Waals surface area contributed by atoms with E-state index in [1.807, 2.05) is 36.4 Å². The Morgan fingerprint density at radius 2 is 2.22 bits per heavy atom. The number of furan rings is 1. The van der Waals surface area contributed by atoms with Gasteiger partial charge in [0.1, 0.15) is 11.8 Å². The normalized spacial score (nSPS) is 12.4. The van der Waals surface area contributed by atoms with Crippen molar-refractivity contribution in [2.24, 2.45) is 5.73 Å². The van der Waals surface area contributed by atoms with Crippen LogP contribution in [0, 0.1) is 0 Å². The quantitative estimate of drug-likeness (QED) is 0.722. The standard InChI is InChI=1S/C16H17N3O3S/c1-21-9-11(17)15(20)18-8-10-6-7-13(22-10)16-19-12-4-2-3-5-14(12)23-16/h2-7,11H,8-9,17H2,1H3,(H,18,20). The summed E-state index contributed by atoms with van der Waals surface area (Å²) in [5.74, 6) is 1.07. The monoisotopic (exact) mass is 331 g/mol. The smallest absolute Gasteiger partial charge is 0.239 e. The highest BCUT2D eigenvalue weighted by atomic mass is 32.1. The molecule has 1 unspecified atom stereocenters. The zero-order valence-electron chi connectivity index (χ0n) is 12.6. The number of hydrogen-bond donors (Lipinski definition) is 2. The predicted octanol–water partition coefficient (Wildman–Crippen LogP) is 2.15. The van der Waals surface area contributed by atoms with Crippen molar-refractivity contribution in [2.45, 2.75) is 12.6 Å². The average molecular weight is 331 g/mol. The van der Waals surface area contributed by atoms with Crippen molar-refractivity contribution in [3.63, 3.8) is 0 Å². The van der Waals surface area contributed by atoms with Gasteiger partial charge in [-0.2, -0.15) is 0 Å². The number of carbonyl (C=O) groups is 1. The molecule has 0 saturated heterocycles. The van der Waals surface area contributed by atoms with Gasteiger partial charge in [0.05, 0.1) is 23.4 Å². The van der Waals surface area contributed by atoms with Gasteiger partial charge in [0.15, 0.2) is 10.8 Å². The number of carbonyl (C=O) groups excluding carboxylic acids is 1. The van der Waals surface area contributed by atoms with Gasteiger partial charge < -0.3 is 20.2 Å². The van der Waals surface area contributed by atoms with Crippen LogP contribution in [-0.2, 0) is 16.1 Å². The molecule has 0 saturated carbocycles. The van der Waals surface area contributed by atoms with Crippen LogP contribution in [0.5, 0.6) is 0 Å². The molecule has 0 bridgehead atoms. The predicted molar refractivity (Wildman–Crippen MR) is 89.0 cm³/mol. The molecule has 0 radical (unpaired) electrons. The van der Waals surface area contributed by atoms with E-state index in [0.29, 0.717) is 11.5 Å². The summed E-state index contributed by atoms with van der Waals surface area (Å²) in [6.45, 7) is 0.460. The van der Waals surface area contributed by atoms with E-state index in [0.717, 1.165) is 15.2 Å². The molecule has 1 atom stereocenters. The zero-order valence-corrected chi connectivity index (χ0v) is 13.4. The van der Waals surface area contributed by atoms with E-state index >= 15 is 0 Å². The number of aromatic nitrogens is 1. The first-order chi connectivity index (χ1) is 11.2. The van der Waals surface area contributed by atoms with Gasteiger partial charge >= 0.3 is 0 Å². The lowest BCUT2D eigenvalue weighted by molar-refractivity contribution is -0.123. The highest BCUT2D eigenvalue weighted by Gasteiger charge is 2.14. The van der Waals surface area contributed by atoms with Gasteiger partial charge in [-0.15, -0.1) is 11.3 Å². The van der Waals surface area contributed by atoms with E-state index in [1.165, 1.54) is 7.11 Å². The fourth-order valence-electron chi connectivity index (χ4n) is 2.13. The van der Waals surface area contributed by atoms with Crippen LogP contribution in [-0.4, -0.2) is 30.6 Å². The molecule has 0 aliphatic rings. The molecule has 7 heteroatoms.